The fourth-order valence-corrected chi connectivity index (χ4v) is 3.40. The van der Waals surface area contributed by atoms with Crippen LogP contribution in [0.4, 0.5) is 5.69 Å². The van der Waals surface area contributed by atoms with Gasteiger partial charge in [0.25, 0.3) is 10.0 Å². The van der Waals surface area contributed by atoms with Crippen molar-refractivity contribution in [2.75, 3.05) is 4.72 Å². The highest BCUT2D eigenvalue weighted by Gasteiger charge is 2.16. The lowest BCUT2D eigenvalue weighted by molar-refractivity contribution is 0.467. The number of hydrogen-bond acceptors (Lipinski definition) is 3. The monoisotopic (exact) mass is 369 g/mol. The number of hydrogen-bond donors (Lipinski definition) is 2. The van der Waals surface area contributed by atoms with Crippen molar-refractivity contribution in [2.45, 2.75) is 24.1 Å². The zero-order chi connectivity index (χ0) is 15.6. The van der Waals surface area contributed by atoms with E-state index in [0.29, 0.717) is 22.1 Å². The maximum absolute atomic E-state index is 12.3. The first-order chi connectivity index (χ1) is 9.85. The van der Waals surface area contributed by atoms with Crippen LogP contribution >= 0.6 is 15.9 Å². The van der Waals surface area contributed by atoms with Crippen molar-refractivity contribution in [3.8, 4) is 5.75 Å². The highest BCUT2D eigenvalue weighted by atomic mass is 79.9. The molecule has 0 atom stereocenters. The Bertz CT molecular complexity index is 755. The normalized spacial score (nSPS) is 11.4. The van der Waals surface area contributed by atoms with Crippen molar-refractivity contribution in [2.24, 2.45) is 0 Å². The molecule has 0 fully saturated rings. The molecule has 0 unspecified atom stereocenters. The molecule has 2 aromatic carbocycles. The molecule has 0 amide bonds. The van der Waals surface area contributed by atoms with Crippen molar-refractivity contribution >= 4 is 31.6 Å². The van der Waals surface area contributed by atoms with Gasteiger partial charge in [0.05, 0.1) is 10.6 Å². The first-order valence-electron chi connectivity index (χ1n) is 6.32. The molecule has 0 aromatic heterocycles. The van der Waals surface area contributed by atoms with Crippen LogP contribution in [0.1, 0.15) is 16.7 Å². The van der Waals surface area contributed by atoms with Gasteiger partial charge in [-0.15, -0.1) is 0 Å². The molecular weight excluding hydrogens is 354 g/mol. The first kappa shape index (κ1) is 15.9. The maximum atomic E-state index is 12.3. The van der Waals surface area contributed by atoms with E-state index in [0.717, 1.165) is 5.56 Å². The van der Waals surface area contributed by atoms with Crippen LogP contribution in [0.5, 0.6) is 5.75 Å². The van der Waals surface area contributed by atoms with Gasteiger partial charge in [0.1, 0.15) is 5.75 Å². The Morgan fingerprint density at radius 1 is 1.10 bits per heavy atom. The third-order valence-electron chi connectivity index (χ3n) is 3.27. The Morgan fingerprint density at radius 2 is 1.71 bits per heavy atom. The van der Waals surface area contributed by atoms with E-state index in [2.05, 4.69) is 20.7 Å². The van der Waals surface area contributed by atoms with Gasteiger partial charge < -0.3 is 5.11 Å². The largest absolute Gasteiger partial charge is 0.507 e. The van der Waals surface area contributed by atoms with E-state index in [-0.39, 0.29) is 10.6 Å². The van der Waals surface area contributed by atoms with Gasteiger partial charge in [0.2, 0.25) is 0 Å². The lowest BCUT2D eigenvalue weighted by atomic mass is 10.1. The van der Waals surface area contributed by atoms with Gasteiger partial charge in [0.15, 0.2) is 0 Å². The summed E-state index contributed by atoms with van der Waals surface area (Å²) in [7, 11) is -3.67. The molecule has 0 saturated carbocycles. The molecule has 2 rings (SSSR count). The van der Waals surface area contributed by atoms with Gasteiger partial charge in [-0.25, -0.2) is 8.42 Å². The summed E-state index contributed by atoms with van der Waals surface area (Å²) >= 11 is 3.32. The number of phenols is 1. The van der Waals surface area contributed by atoms with Crippen LogP contribution in [0, 0.1) is 13.8 Å². The van der Waals surface area contributed by atoms with Crippen molar-refractivity contribution in [3.63, 3.8) is 0 Å². The van der Waals surface area contributed by atoms with Crippen molar-refractivity contribution in [3.05, 3.63) is 53.1 Å². The molecule has 2 aromatic rings. The third kappa shape index (κ3) is 3.39. The van der Waals surface area contributed by atoms with Gasteiger partial charge >= 0.3 is 0 Å². The highest BCUT2D eigenvalue weighted by Crippen LogP contribution is 2.29. The average Bonchev–Trinajstić information content (AvgIpc) is 2.48. The second-order valence-corrected chi connectivity index (χ2v) is 7.03. The van der Waals surface area contributed by atoms with E-state index in [1.54, 1.807) is 50.2 Å². The molecule has 0 aliphatic carbocycles. The predicted octanol–water partition coefficient (Wildman–Crippen LogP) is 3.70. The molecule has 112 valence electrons. The van der Waals surface area contributed by atoms with E-state index in [1.165, 1.54) is 0 Å². The van der Waals surface area contributed by atoms with E-state index >= 15 is 0 Å². The number of phenolic OH excluding ortho intramolecular Hbond substituents is 1. The van der Waals surface area contributed by atoms with Crippen LogP contribution in [0.2, 0.25) is 0 Å². The number of sulfonamides is 1. The third-order valence-corrected chi connectivity index (χ3v) is 5.29. The fraction of sp³-hybridized carbons (Fsp3) is 0.200. The number of nitrogens with one attached hydrogen (secondary N) is 1. The first-order valence-corrected chi connectivity index (χ1v) is 8.92. The maximum Gasteiger partial charge on any atom is 0.261 e. The van der Waals surface area contributed by atoms with Crippen LogP contribution in [0.15, 0.2) is 41.3 Å². The molecule has 0 aliphatic rings. The van der Waals surface area contributed by atoms with Gasteiger partial charge in [-0.1, -0.05) is 34.1 Å². The number of benzene rings is 2. The number of aryl methyl sites for hydroxylation is 1. The Hall–Kier alpha value is -1.53. The van der Waals surface area contributed by atoms with Crippen molar-refractivity contribution < 1.29 is 13.5 Å². The molecule has 21 heavy (non-hydrogen) atoms. The van der Waals surface area contributed by atoms with Crippen LogP contribution in [-0.2, 0) is 15.4 Å². The Morgan fingerprint density at radius 3 is 2.29 bits per heavy atom. The molecule has 0 heterocycles. The molecule has 6 heteroatoms. The molecule has 0 spiro atoms. The predicted molar refractivity (Wildman–Crippen MR) is 87.5 cm³/mol. The minimum Gasteiger partial charge on any atom is -0.507 e. The minimum atomic E-state index is -3.67. The topological polar surface area (TPSA) is 66.4 Å². The second kappa shape index (κ2) is 6.07. The number of anilines is 1. The molecule has 4 nitrogen and oxygen atoms in total. The number of halogens is 1. The van der Waals surface area contributed by atoms with Gasteiger partial charge in [-0.05, 0) is 43.2 Å². The van der Waals surface area contributed by atoms with Crippen molar-refractivity contribution in [1.29, 1.82) is 0 Å². The number of rotatable bonds is 4. The Balaban J connectivity index is 2.35. The molecular formula is C15H16BrNO3S. The summed E-state index contributed by atoms with van der Waals surface area (Å²) in [6, 6.07) is 9.94. The van der Waals surface area contributed by atoms with E-state index in [1.807, 2.05) is 0 Å². The fourth-order valence-electron chi connectivity index (χ4n) is 1.91. The zero-order valence-electron chi connectivity index (χ0n) is 11.7. The smallest absolute Gasteiger partial charge is 0.261 e. The van der Waals surface area contributed by atoms with E-state index in [9.17, 15) is 13.5 Å². The summed E-state index contributed by atoms with van der Waals surface area (Å²) in [6.45, 7) is 3.44. The van der Waals surface area contributed by atoms with Crippen LogP contribution in [0.25, 0.3) is 0 Å². The van der Waals surface area contributed by atoms with Gasteiger partial charge in [-0.2, -0.15) is 0 Å². The average molecular weight is 370 g/mol. The Kier molecular flexibility index (Phi) is 4.58. The number of aromatic hydroxyl groups is 1. The van der Waals surface area contributed by atoms with Gasteiger partial charge in [-0.3, -0.25) is 4.72 Å². The van der Waals surface area contributed by atoms with Gasteiger partial charge in [0, 0.05) is 10.9 Å². The number of alkyl halides is 1. The van der Waals surface area contributed by atoms with Crippen LogP contribution in [-0.4, -0.2) is 13.5 Å². The van der Waals surface area contributed by atoms with Crippen LogP contribution in [0.3, 0.4) is 0 Å². The Labute approximate surface area is 133 Å². The standard InChI is InChI=1S/C15H16BrNO3S/c1-10-3-8-14(11(2)15(10)18)17-21(19,20)13-6-4-12(9-16)5-7-13/h3-8,17-18H,9H2,1-2H3. The highest BCUT2D eigenvalue weighted by molar-refractivity contribution is 9.08. The minimum absolute atomic E-state index is 0.102. The van der Waals surface area contributed by atoms with E-state index < -0.39 is 10.0 Å². The van der Waals surface area contributed by atoms with Crippen molar-refractivity contribution in [1.82, 2.24) is 0 Å². The molecule has 0 radical (unpaired) electrons. The molecule has 0 aliphatic heterocycles. The summed E-state index contributed by atoms with van der Waals surface area (Å²) in [5, 5.41) is 10.6. The lowest BCUT2D eigenvalue weighted by Gasteiger charge is -2.13. The van der Waals surface area contributed by atoms with Crippen LogP contribution < -0.4 is 4.72 Å². The molecule has 0 bridgehead atoms. The lowest BCUT2D eigenvalue weighted by Crippen LogP contribution is -2.13. The summed E-state index contributed by atoms with van der Waals surface area (Å²) in [5.41, 5.74) is 2.59. The molecule has 0 saturated heterocycles. The summed E-state index contributed by atoms with van der Waals surface area (Å²) in [5.74, 6) is 0.102. The summed E-state index contributed by atoms with van der Waals surface area (Å²) in [4.78, 5) is 0.187. The summed E-state index contributed by atoms with van der Waals surface area (Å²) < 4.78 is 27.2. The zero-order valence-corrected chi connectivity index (χ0v) is 14.1. The quantitative estimate of drug-likeness (QED) is 0.807. The second-order valence-electron chi connectivity index (χ2n) is 4.79. The SMILES string of the molecule is Cc1ccc(NS(=O)(=O)c2ccc(CBr)cc2)c(C)c1O. The molecule has 2 N–H and O–H groups in total. The van der Waals surface area contributed by atoms with E-state index in [4.69, 9.17) is 0 Å². The summed E-state index contributed by atoms with van der Waals surface area (Å²) in [6.07, 6.45) is 0.